The maximum Gasteiger partial charge on any atom is 0.203 e. The van der Waals surface area contributed by atoms with Crippen LogP contribution in [0.1, 0.15) is 0 Å². The molecule has 1 aliphatic heterocycles. The number of hydrogen-bond donors (Lipinski definition) is 1. The Bertz CT molecular complexity index is 988. The molecule has 0 aliphatic carbocycles. The fourth-order valence-corrected chi connectivity index (χ4v) is 4.35. The smallest absolute Gasteiger partial charge is 0.203 e. The largest absolute Gasteiger partial charge is 0.493 e. The number of rotatable bonds is 7. The summed E-state index contributed by atoms with van der Waals surface area (Å²) in [4.78, 5) is 5.52. The second-order valence-corrected chi connectivity index (χ2v) is 7.11. The van der Waals surface area contributed by atoms with Crippen molar-refractivity contribution < 1.29 is 28.8 Å². The predicted octanol–water partition coefficient (Wildman–Crippen LogP) is 3.07. The lowest BCUT2D eigenvalue weighted by atomic mass is 10.1. The minimum absolute atomic E-state index is 0.0109. The van der Waals surface area contributed by atoms with Crippen LogP contribution in [-0.4, -0.2) is 55.8 Å². The van der Waals surface area contributed by atoms with E-state index in [4.69, 9.17) is 23.7 Å². The summed E-state index contributed by atoms with van der Waals surface area (Å²) in [6, 6.07) is 3.71. The molecule has 3 heterocycles. The van der Waals surface area contributed by atoms with E-state index in [1.807, 2.05) is 22.1 Å². The summed E-state index contributed by atoms with van der Waals surface area (Å²) in [5, 5.41) is 11.5. The summed E-state index contributed by atoms with van der Waals surface area (Å²) in [6.07, 6.45) is 1.71. The van der Waals surface area contributed by atoms with E-state index in [0.29, 0.717) is 42.8 Å². The number of methoxy groups -OCH3 is 3. The number of thiophene rings is 1. The van der Waals surface area contributed by atoms with E-state index in [0.717, 1.165) is 27.6 Å². The molecule has 1 aromatic carbocycles. The molecule has 0 amide bonds. The number of benzene rings is 1. The summed E-state index contributed by atoms with van der Waals surface area (Å²) in [7, 11) is 4.72. The van der Waals surface area contributed by atoms with Gasteiger partial charge in [0.1, 0.15) is 13.2 Å². The highest BCUT2D eigenvalue weighted by Crippen LogP contribution is 2.49. The first kappa shape index (κ1) is 19.4. The lowest BCUT2D eigenvalue weighted by Gasteiger charge is -2.17. The summed E-state index contributed by atoms with van der Waals surface area (Å²) < 4.78 is 29.9. The van der Waals surface area contributed by atoms with E-state index in [2.05, 4.69) is 4.98 Å². The third-order valence-electron chi connectivity index (χ3n) is 4.63. The molecule has 154 valence electrons. The van der Waals surface area contributed by atoms with Crippen molar-refractivity contribution in [2.75, 3.05) is 41.2 Å². The van der Waals surface area contributed by atoms with Gasteiger partial charge in [0.05, 0.1) is 50.5 Å². The molecule has 0 saturated carbocycles. The Morgan fingerprint density at radius 3 is 2.48 bits per heavy atom. The van der Waals surface area contributed by atoms with Gasteiger partial charge in [-0.05, 0) is 12.1 Å². The monoisotopic (exact) mass is 418 g/mol. The molecule has 4 rings (SSSR count). The fraction of sp³-hybridized carbons (Fsp3) is 0.350. The molecule has 0 atom stereocenters. The molecule has 8 nitrogen and oxygen atoms in total. The topological polar surface area (TPSA) is 84.2 Å². The highest BCUT2D eigenvalue weighted by Gasteiger charge is 2.26. The number of aliphatic hydroxyl groups excluding tert-OH is 1. The highest BCUT2D eigenvalue weighted by atomic mass is 32.1. The van der Waals surface area contributed by atoms with Crippen molar-refractivity contribution in [2.24, 2.45) is 0 Å². The number of fused-ring (bicyclic) bond motifs is 1. The fourth-order valence-electron chi connectivity index (χ4n) is 3.35. The number of imidazole rings is 1. The van der Waals surface area contributed by atoms with E-state index in [9.17, 15) is 5.11 Å². The van der Waals surface area contributed by atoms with Gasteiger partial charge in [-0.2, -0.15) is 0 Å². The maximum absolute atomic E-state index is 9.53. The van der Waals surface area contributed by atoms with Crippen LogP contribution >= 0.6 is 11.3 Å². The number of aromatic nitrogens is 2. The van der Waals surface area contributed by atoms with Gasteiger partial charge in [0.2, 0.25) is 5.75 Å². The molecule has 0 bridgehead atoms. The summed E-state index contributed by atoms with van der Waals surface area (Å²) in [5.74, 6) is 3.02. The lowest BCUT2D eigenvalue weighted by Crippen LogP contribution is -2.14. The molecule has 0 fully saturated rings. The standard InChI is InChI=1S/C20H22N2O6S/c1-24-13-8-12(9-14(25-2)18(13)26-3)16-17(22(4-5-23)11-21-16)20-19-15(10-29-20)27-6-7-28-19/h8-11,23H,4-7H2,1-3H3. The third kappa shape index (κ3) is 3.36. The number of nitrogens with zero attached hydrogens (tertiary/aromatic N) is 2. The second-order valence-electron chi connectivity index (χ2n) is 6.23. The third-order valence-corrected chi connectivity index (χ3v) is 5.58. The van der Waals surface area contributed by atoms with Crippen molar-refractivity contribution in [2.45, 2.75) is 6.54 Å². The number of aliphatic hydroxyl groups is 1. The Morgan fingerprint density at radius 2 is 1.83 bits per heavy atom. The van der Waals surface area contributed by atoms with Crippen molar-refractivity contribution in [3.05, 3.63) is 23.8 Å². The van der Waals surface area contributed by atoms with E-state index in [-0.39, 0.29) is 6.61 Å². The first-order valence-electron chi connectivity index (χ1n) is 9.05. The average Bonchev–Trinajstić information content (AvgIpc) is 3.36. The van der Waals surface area contributed by atoms with Crippen LogP contribution in [-0.2, 0) is 6.54 Å². The van der Waals surface area contributed by atoms with Crippen molar-refractivity contribution >= 4 is 11.3 Å². The zero-order chi connectivity index (χ0) is 20.4. The minimum atomic E-state index is -0.0109. The molecule has 0 saturated heterocycles. The molecule has 0 spiro atoms. The molecule has 9 heteroatoms. The van der Waals surface area contributed by atoms with E-state index < -0.39 is 0 Å². The number of hydrogen-bond acceptors (Lipinski definition) is 8. The summed E-state index contributed by atoms with van der Waals surface area (Å²) in [5.41, 5.74) is 2.35. The van der Waals surface area contributed by atoms with Gasteiger partial charge in [-0.15, -0.1) is 11.3 Å². The van der Waals surface area contributed by atoms with Crippen LogP contribution in [0.15, 0.2) is 23.8 Å². The summed E-state index contributed by atoms with van der Waals surface area (Å²) in [6.45, 7) is 1.41. The molecule has 1 aliphatic rings. The summed E-state index contributed by atoms with van der Waals surface area (Å²) >= 11 is 1.52. The lowest BCUT2D eigenvalue weighted by molar-refractivity contribution is 0.174. The zero-order valence-electron chi connectivity index (χ0n) is 16.4. The Hall–Kier alpha value is -2.91. The van der Waals surface area contributed by atoms with Crippen LogP contribution < -0.4 is 23.7 Å². The molecule has 2 aromatic heterocycles. The molecule has 0 radical (unpaired) electrons. The first-order chi connectivity index (χ1) is 14.2. The van der Waals surface area contributed by atoms with Gasteiger partial charge >= 0.3 is 0 Å². The molecule has 0 unspecified atom stereocenters. The van der Waals surface area contributed by atoms with Crippen molar-refractivity contribution in [1.29, 1.82) is 0 Å². The van der Waals surface area contributed by atoms with E-state index >= 15 is 0 Å². The number of ether oxygens (including phenoxy) is 5. The van der Waals surface area contributed by atoms with Gasteiger partial charge in [0.25, 0.3) is 0 Å². The van der Waals surface area contributed by atoms with Crippen LogP contribution in [0.4, 0.5) is 0 Å². The van der Waals surface area contributed by atoms with Gasteiger partial charge < -0.3 is 33.4 Å². The van der Waals surface area contributed by atoms with Crippen LogP contribution in [0.25, 0.3) is 21.8 Å². The van der Waals surface area contributed by atoms with E-state index in [1.165, 1.54) is 11.3 Å². The first-order valence-corrected chi connectivity index (χ1v) is 9.93. The van der Waals surface area contributed by atoms with Crippen LogP contribution in [0.3, 0.4) is 0 Å². The normalized spacial score (nSPS) is 12.7. The van der Waals surface area contributed by atoms with Gasteiger partial charge in [-0.25, -0.2) is 4.98 Å². The van der Waals surface area contributed by atoms with Crippen LogP contribution in [0, 0.1) is 0 Å². The van der Waals surface area contributed by atoms with Gasteiger partial charge in [0.15, 0.2) is 23.0 Å². The molecule has 29 heavy (non-hydrogen) atoms. The van der Waals surface area contributed by atoms with Crippen LogP contribution in [0.2, 0.25) is 0 Å². The Morgan fingerprint density at radius 1 is 1.10 bits per heavy atom. The Kier molecular flexibility index (Phi) is 5.50. The van der Waals surface area contributed by atoms with Gasteiger partial charge in [-0.3, -0.25) is 0 Å². The molecule has 1 N–H and O–H groups in total. The quantitative estimate of drug-likeness (QED) is 0.631. The molecule has 3 aromatic rings. The van der Waals surface area contributed by atoms with Crippen LogP contribution in [0.5, 0.6) is 28.7 Å². The predicted molar refractivity (Wildman–Crippen MR) is 109 cm³/mol. The van der Waals surface area contributed by atoms with Gasteiger partial charge in [0, 0.05) is 17.5 Å². The molecular weight excluding hydrogens is 396 g/mol. The van der Waals surface area contributed by atoms with Crippen molar-refractivity contribution in [3.63, 3.8) is 0 Å². The van der Waals surface area contributed by atoms with Crippen molar-refractivity contribution in [1.82, 2.24) is 9.55 Å². The second kappa shape index (κ2) is 8.22. The highest BCUT2D eigenvalue weighted by molar-refractivity contribution is 7.14. The van der Waals surface area contributed by atoms with Crippen molar-refractivity contribution in [3.8, 4) is 50.6 Å². The zero-order valence-corrected chi connectivity index (χ0v) is 17.2. The van der Waals surface area contributed by atoms with E-state index in [1.54, 1.807) is 27.7 Å². The Labute approximate surface area is 172 Å². The maximum atomic E-state index is 9.53. The molecular formula is C20H22N2O6S. The minimum Gasteiger partial charge on any atom is -0.493 e. The SMILES string of the molecule is COc1cc(-c2ncn(CCO)c2-c2scc3c2OCCO3)cc(OC)c1OC. The van der Waals surface area contributed by atoms with Gasteiger partial charge in [-0.1, -0.05) is 0 Å². The average molecular weight is 418 g/mol. The Balaban J connectivity index is 1.91.